The first kappa shape index (κ1) is 14.5. The number of ether oxygens (including phenoxy) is 3. The Balaban J connectivity index is 1.92. The SMILES string of the molecule is CC1(C)OC2C(O1)[C@@H](c1cccc(C(N)=O)c1)O[C@H]2CO. The topological polar surface area (TPSA) is 91.0 Å². The highest BCUT2D eigenvalue weighted by atomic mass is 16.8. The summed E-state index contributed by atoms with van der Waals surface area (Å²) in [6, 6.07) is 6.94. The van der Waals surface area contributed by atoms with Gasteiger partial charge in [0.2, 0.25) is 5.91 Å². The molecule has 0 bridgehead atoms. The minimum absolute atomic E-state index is 0.146. The molecule has 0 radical (unpaired) electrons. The van der Waals surface area contributed by atoms with E-state index >= 15 is 0 Å². The number of hydrogen-bond acceptors (Lipinski definition) is 5. The van der Waals surface area contributed by atoms with Crippen LogP contribution in [0.1, 0.15) is 35.9 Å². The van der Waals surface area contributed by atoms with Crippen molar-refractivity contribution in [2.24, 2.45) is 5.73 Å². The minimum atomic E-state index is -0.716. The Bertz CT molecular complexity index is 559. The van der Waals surface area contributed by atoms with E-state index in [-0.39, 0.29) is 18.8 Å². The summed E-state index contributed by atoms with van der Waals surface area (Å²) in [6.07, 6.45) is -1.49. The summed E-state index contributed by atoms with van der Waals surface area (Å²) >= 11 is 0. The van der Waals surface area contributed by atoms with Crippen molar-refractivity contribution in [3.63, 3.8) is 0 Å². The van der Waals surface area contributed by atoms with Gasteiger partial charge in [-0.15, -0.1) is 0 Å². The lowest BCUT2D eigenvalue weighted by molar-refractivity contribution is -0.191. The number of nitrogens with two attached hydrogens (primary N) is 1. The maximum absolute atomic E-state index is 11.3. The van der Waals surface area contributed by atoms with Crippen molar-refractivity contribution in [2.75, 3.05) is 6.61 Å². The van der Waals surface area contributed by atoms with Crippen LogP contribution in [0, 0.1) is 0 Å². The van der Waals surface area contributed by atoms with Gasteiger partial charge in [0.05, 0.1) is 6.61 Å². The summed E-state index contributed by atoms with van der Waals surface area (Å²) in [6.45, 7) is 3.51. The second-order valence-electron chi connectivity index (χ2n) is 5.83. The average Bonchev–Trinajstić information content (AvgIpc) is 2.91. The Morgan fingerprint density at radius 2 is 2.05 bits per heavy atom. The first-order valence-electron chi connectivity index (χ1n) is 6.93. The molecule has 2 unspecified atom stereocenters. The molecule has 3 N–H and O–H groups in total. The van der Waals surface area contributed by atoms with Crippen molar-refractivity contribution >= 4 is 5.91 Å². The summed E-state index contributed by atoms with van der Waals surface area (Å²) in [5.74, 6) is -1.21. The van der Waals surface area contributed by atoms with Gasteiger partial charge in [0.1, 0.15) is 24.4 Å². The monoisotopic (exact) mass is 293 g/mol. The summed E-state index contributed by atoms with van der Waals surface area (Å²) in [7, 11) is 0. The summed E-state index contributed by atoms with van der Waals surface area (Å²) < 4.78 is 17.5. The number of hydrogen-bond donors (Lipinski definition) is 2. The van der Waals surface area contributed by atoms with E-state index in [1.165, 1.54) is 0 Å². The number of primary amides is 1. The minimum Gasteiger partial charge on any atom is -0.394 e. The van der Waals surface area contributed by atoms with Gasteiger partial charge in [-0.1, -0.05) is 12.1 Å². The van der Waals surface area contributed by atoms with Gasteiger partial charge in [-0.05, 0) is 31.5 Å². The molecular weight excluding hydrogens is 274 g/mol. The van der Waals surface area contributed by atoms with E-state index in [0.717, 1.165) is 5.56 Å². The molecule has 114 valence electrons. The van der Waals surface area contributed by atoms with Crippen LogP contribution in [0.2, 0.25) is 0 Å². The molecule has 2 fully saturated rings. The Labute approximate surface area is 122 Å². The highest BCUT2D eigenvalue weighted by molar-refractivity contribution is 5.92. The summed E-state index contributed by atoms with van der Waals surface area (Å²) in [5, 5.41) is 9.46. The molecule has 4 atom stereocenters. The van der Waals surface area contributed by atoms with Crippen LogP contribution < -0.4 is 5.73 Å². The normalized spacial score (nSPS) is 33.9. The van der Waals surface area contributed by atoms with Gasteiger partial charge >= 0.3 is 0 Å². The first-order valence-corrected chi connectivity index (χ1v) is 6.93. The highest BCUT2D eigenvalue weighted by Gasteiger charge is 2.55. The standard InChI is InChI=1S/C15H19NO5/c1-15(2)20-12-10(7-17)19-11(13(12)21-15)8-4-3-5-9(6-8)14(16)18/h3-6,10-13,17H,7H2,1-2H3,(H2,16,18)/t10-,11+,12?,13?/m0/s1. The van der Waals surface area contributed by atoms with Gasteiger partial charge < -0.3 is 25.1 Å². The Morgan fingerprint density at radius 1 is 1.33 bits per heavy atom. The average molecular weight is 293 g/mol. The van der Waals surface area contributed by atoms with Crippen LogP contribution in [0.5, 0.6) is 0 Å². The molecule has 6 heteroatoms. The van der Waals surface area contributed by atoms with Gasteiger partial charge in [0.15, 0.2) is 5.79 Å². The molecule has 0 saturated carbocycles. The number of rotatable bonds is 3. The first-order chi connectivity index (χ1) is 9.91. The molecule has 0 spiro atoms. The molecule has 2 heterocycles. The van der Waals surface area contributed by atoms with Crippen molar-refractivity contribution in [3.8, 4) is 0 Å². The molecule has 1 aromatic rings. The fourth-order valence-corrected chi connectivity index (χ4v) is 2.97. The van der Waals surface area contributed by atoms with Crippen LogP contribution in [0.25, 0.3) is 0 Å². The largest absolute Gasteiger partial charge is 0.394 e. The van der Waals surface area contributed by atoms with E-state index in [1.807, 2.05) is 19.9 Å². The third kappa shape index (κ3) is 2.55. The van der Waals surface area contributed by atoms with Gasteiger partial charge in [-0.25, -0.2) is 0 Å². The molecule has 1 aromatic carbocycles. The van der Waals surface area contributed by atoms with Crippen LogP contribution >= 0.6 is 0 Å². The fourth-order valence-electron chi connectivity index (χ4n) is 2.97. The Hall–Kier alpha value is -1.47. The molecular formula is C15H19NO5. The van der Waals surface area contributed by atoms with Crippen LogP contribution in [0.15, 0.2) is 24.3 Å². The van der Waals surface area contributed by atoms with Gasteiger partial charge in [-0.2, -0.15) is 0 Å². The number of benzene rings is 1. The van der Waals surface area contributed by atoms with E-state index in [2.05, 4.69) is 0 Å². The Kier molecular flexibility index (Phi) is 3.49. The molecule has 1 amide bonds. The van der Waals surface area contributed by atoms with E-state index in [9.17, 15) is 9.90 Å². The maximum Gasteiger partial charge on any atom is 0.248 e. The molecule has 0 aromatic heterocycles. The fraction of sp³-hybridized carbons (Fsp3) is 0.533. The molecule has 21 heavy (non-hydrogen) atoms. The predicted molar refractivity (Wildman–Crippen MR) is 73.5 cm³/mol. The number of aliphatic hydroxyl groups excluding tert-OH is 1. The third-order valence-corrected chi connectivity index (χ3v) is 3.83. The maximum atomic E-state index is 11.3. The number of amides is 1. The van der Waals surface area contributed by atoms with Crippen molar-refractivity contribution in [1.82, 2.24) is 0 Å². The molecule has 2 aliphatic heterocycles. The summed E-state index contributed by atoms with van der Waals surface area (Å²) in [5.41, 5.74) is 6.51. The van der Waals surface area contributed by atoms with Crippen LogP contribution in [-0.2, 0) is 14.2 Å². The molecule has 6 nitrogen and oxygen atoms in total. The van der Waals surface area contributed by atoms with Gasteiger partial charge in [0.25, 0.3) is 0 Å². The zero-order valence-corrected chi connectivity index (χ0v) is 12.0. The van der Waals surface area contributed by atoms with Crippen LogP contribution in [0.4, 0.5) is 0 Å². The molecule has 0 aliphatic carbocycles. The molecule has 2 aliphatic rings. The Morgan fingerprint density at radius 3 is 2.71 bits per heavy atom. The zero-order chi connectivity index (χ0) is 15.2. The molecule has 3 rings (SSSR count). The number of fused-ring (bicyclic) bond motifs is 1. The number of carbonyl (C=O) groups excluding carboxylic acids is 1. The zero-order valence-electron chi connectivity index (χ0n) is 12.0. The van der Waals surface area contributed by atoms with Gasteiger partial charge in [0, 0.05) is 5.56 Å². The predicted octanol–water partition coefficient (Wildman–Crippen LogP) is 0.738. The smallest absolute Gasteiger partial charge is 0.248 e. The van der Waals surface area contributed by atoms with Crippen molar-refractivity contribution in [2.45, 2.75) is 44.1 Å². The van der Waals surface area contributed by atoms with E-state index in [4.69, 9.17) is 19.9 Å². The lowest BCUT2D eigenvalue weighted by Gasteiger charge is -2.23. The molecule has 2 saturated heterocycles. The second-order valence-corrected chi connectivity index (χ2v) is 5.83. The quantitative estimate of drug-likeness (QED) is 0.857. The van der Waals surface area contributed by atoms with Crippen LogP contribution in [0.3, 0.4) is 0 Å². The second kappa shape index (κ2) is 5.06. The highest BCUT2D eigenvalue weighted by Crippen LogP contribution is 2.45. The van der Waals surface area contributed by atoms with Gasteiger partial charge in [-0.3, -0.25) is 4.79 Å². The summed E-state index contributed by atoms with van der Waals surface area (Å²) in [4.78, 5) is 11.3. The van der Waals surface area contributed by atoms with E-state index in [1.54, 1.807) is 18.2 Å². The third-order valence-electron chi connectivity index (χ3n) is 3.83. The number of carbonyl (C=O) groups is 1. The van der Waals surface area contributed by atoms with Crippen molar-refractivity contribution < 1.29 is 24.1 Å². The van der Waals surface area contributed by atoms with Crippen molar-refractivity contribution in [3.05, 3.63) is 35.4 Å². The van der Waals surface area contributed by atoms with E-state index in [0.29, 0.717) is 5.56 Å². The van der Waals surface area contributed by atoms with Crippen molar-refractivity contribution in [1.29, 1.82) is 0 Å². The van der Waals surface area contributed by atoms with Crippen LogP contribution in [-0.4, -0.2) is 41.7 Å². The number of aliphatic hydroxyl groups is 1. The van der Waals surface area contributed by atoms with E-state index < -0.39 is 23.9 Å². The lowest BCUT2D eigenvalue weighted by Crippen LogP contribution is -2.31. The lowest BCUT2D eigenvalue weighted by atomic mass is 10.00.